The quantitative estimate of drug-likeness (QED) is 0.114. The van der Waals surface area contributed by atoms with Crippen molar-refractivity contribution < 1.29 is 67.5 Å². The predicted molar refractivity (Wildman–Crippen MR) is 152 cm³/mol. The summed E-state index contributed by atoms with van der Waals surface area (Å²) in [6, 6.07) is -0.468. The minimum atomic E-state index is -5.38. The summed E-state index contributed by atoms with van der Waals surface area (Å²) in [4.78, 5) is 31.0. The maximum atomic E-state index is 12.7. The fourth-order valence-electron chi connectivity index (χ4n) is 4.96. The van der Waals surface area contributed by atoms with Crippen LogP contribution in [-0.4, -0.2) is 140 Å². The van der Waals surface area contributed by atoms with Crippen molar-refractivity contribution in [3.63, 3.8) is 0 Å². The van der Waals surface area contributed by atoms with Crippen molar-refractivity contribution in [2.75, 3.05) is 40.2 Å². The molecule has 4 heterocycles. The Labute approximate surface area is 254 Å². The van der Waals surface area contributed by atoms with Gasteiger partial charge in [0.15, 0.2) is 6.29 Å². The summed E-state index contributed by atoms with van der Waals surface area (Å²) in [5.41, 5.74) is 7.25. The second-order valence-corrected chi connectivity index (χ2v) is 15.2. The van der Waals surface area contributed by atoms with E-state index in [4.69, 9.17) is 50.2 Å². The molecule has 0 spiro atoms. The van der Waals surface area contributed by atoms with Crippen LogP contribution < -0.4 is 5.73 Å². The number of nitrogens with two attached hydrogens (primary N) is 1. The highest BCUT2D eigenvalue weighted by molar-refractivity contribution is 8.08. The number of aliphatic hydroxyl groups excluding tert-OH is 5. The van der Waals surface area contributed by atoms with Crippen LogP contribution >= 0.6 is 25.9 Å². The number of nitrogen functional groups attached to an aromatic ring is 1. The molecule has 22 heteroatoms. The zero-order valence-corrected chi connectivity index (χ0v) is 26.4. The van der Waals surface area contributed by atoms with Gasteiger partial charge in [0, 0.05) is 12.7 Å². The molecule has 18 nitrogen and oxygen atoms in total. The van der Waals surface area contributed by atoms with Gasteiger partial charge in [0.2, 0.25) is 0 Å². The molecule has 2 aromatic heterocycles. The number of anilines is 1. The molecule has 2 aliphatic heterocycles. The molecule has 0 aromatic carbocycles. The van der Waals surface area contributed by atoms with Gasteiger partial charge >= 0.3 is 14.5 Å². The normalized spacial score (nSPS) is 35.2. The van der Waals surface area contributed by atoms with Gasteiger partial charge in [-0.25, -0.2) is 18.8 Å². The van der Waals surface area contributed by atoms with E-state index in [-0.39, 0.29) is 0 Å². The summed E-state index contributed by atoms with van der Waals surface area (Å²) < 4.78 is 45.3. The third kappa shape index (κ3) is 7.60. The molecule has 244 valence electrons. The van der Waals surface area contributed by atoms with Crippen LogP contribution in [0.1, 0.15) is 11.7 Å². The molecular weight excluding hydrogens is 658 g/mol. The topological polar surface area (TPSA) is 269 Å². The minimum absolute atomic E-state index is 0.308. The number of aliphatic hydroxyl groups is 5. The second kappa shape index (κ2) is 13.9. The van der Waals surface area contributed by atoms with E-state index in [1.165, 1.54) is 24.8 Å². The highest BCUT2D eigenvalue weighted by atomic mass is 32.5. The van der Waals surface area contributed by atoms with E-state index in [0.29, 0.717) is 21.6 Å². The number of fused-ring (bicyclic) bond motifs is 1. The molecule has 2 aromatic rings. The Morgan fingerprint density at radius 3 is 2.51 bits per heavy atom. The van der Waals surface area contributed by atoms with Crippen molar-refractivity contribution in [1.29, 1.82) is 0 Å². The van der Waals surface area contributed by atoms with Gasteiger partial charge in [-0.15, -0.1) is 11.3 Å². The molecule has 2 fully saturated rings. The smallest absolute Gasteiger partial charge is 0.394 e. The Morgan fingerprint density at radius 1 is 1.19 bits per heavy atom. The van der Waals surface area contributed by atoms with Crippen LogP contribution in [0.4, 0.5) is 5.82 Å². The van der Waals surface area contributed by atoms with Crippen LogP contribution in [0, 0.1) is 0 Å². The number of thiophene rings is 1. The first-order chi connectivity index (χ1) is 20.1. The number of phosphoric ester groups is 1. The van der Waals surface area contributed by atoms with Crippen LogP contribution in [0.2, 0.25) is 0 Å². The third-order valence-corrected chi connectivity index (χ3v) is 11.5. The van der Waals surface area contributed by atoms with Crippen molar-refractivity contribution >= 4 is 53.7 Å². The molecule has 7 unspecified atom stereocenters. The zero-order valence-electron chi connectivity index (χ0n) is 23.0. The minimum Gasteiger partial charge on any atom is -0.394 e. The number of aromatic nitrogens is 2. The van der Waals surface area contributed by atoms with Crippen molar-refractivity contribution in [2.45, 2.75) is 61.2 Å². The molecule has 0 amide bonds. The number of hydrogen-bond donors (Lipinski definition) is 8. The molecule has 9 N–H and O–H groups in total. The molecule has 4 rings (SSSR count). The number of hydrogen-bond acceptors (Lipinski definition) is 18. The molecule has 2 aliphatic rings. The lowest BCUT2D eigenvalue weighted by Crippen LogP contribution is -2.61. The lowest BCUT2D eigenvalue weighted by molar-refractivity contribution is -0.292. The first-order valence-electron chi connectivity index (χ1n) is 12.6. The standard InChI is InChI=1S/C21H34N4O14P2S2/c1-25(2)12-10(36-16(18(12)34-3)8-6-43-19-11(8)23-7-24-20(19)22)5-35-41(33,42)39-40(31,32)38-21-15(30)13(28)14(29)17(37-21)9(27)4-26/h6-7,9-10,12-18,21,26-30H,4-5H2,1-3H3,(H,31,32)(H,33,42)(H2,22,23,24)/t9-,10+,12+,13?,14?,15?,16-,17?,18+,21?,41?/m0/s1. The summed E-state index contributed by atoms with van der Waals surface area (Å²) in [6.07, 6.45) is -12.3. The first-order valence-corrected chi connectivity index (χ1v) is 17.6. The monoisotopic (exact) mass is 692 g/mol. The summed E-state index contributed by atoms with van der Waals surface area (Å²) in [5, 5.41) is 51.0. The molecule has 0 bridgehead atoms. The van der Waals surface area contributed by atoms with Gasteiger partial charge in [-0.1, -0.05) is 0 Å². The number of likely N-dealkylation sites (N-methyl/N-ethyl adjacent to an activating group) is 1. The van der Waals surface area contributed by atoms with E-state index in [0.717, 1.165) is 0 Å². The first kappa shape index (κ1) is 35.0. The van der Waals surface area contributed by atoms with Crippen LogP contribution in [-0.2, 0) is 43.9 Å². The van der Waals surface area contributed by atoms with E-state index in [1.807, 2.05) is 5.38 Å². The summed E-state index contributed by atoms with van der Waals surface area (Å²) in [6.45, 7) is -5.89. The lowest BCUT2D eigenvalue weighted by atomic mass is 9.96. The average molecular weight is 693 g/mol. The van der Waals surface area contributed by atoms with Gasteiger partial charge in [0.25, 0.3) is 0 Å². The van der Waals surface area contributed by atoms with Gasteiger partial charge < -0.3 is 64.7 Å². The zero-order chi connectivity index (χ0) is 31.9. The van der Waals surface area contributed by atoms with Crippen molar-refractivity contribution in [3.8, 4) is 0 Å². The number of methoxy groups -OCH3 is 1. The largest absolute Gasteiger partial charge is 0.481 e. The molecular formula is C21H34N4O14P2S2. The maximum Gasteiger partial charge on any atom is 0.481 e. The molecule has 2 saturated heterocycles. The fourth-order valence-corrected chi connectivity index (χ4v) is 9.00. The van der Waals surface area contributed by atoms with Crippen molar-refractivity contribution in [1.82, 2.24) is 14.9 Å². The molecule has 12 atom stereocenters. The molecule has 0 saturated carbocycles. The third-order valence-electron chi connectivity index (χ3n) is 6.94. The lowest BCUT2D eigenvalue weighted by Gasteiger charge is -2.41. The average Bonchev–Trinajstić information content (AvgIpc) is 3.53. The number of nitrogens with zero attached hydrogens (tertiary/aromatic N) is 3. The van der Waals surface area contributed by atoms with E-state index < -0.39 is 88.9 Å². The Kier molecular flexibility index (Phi) is 11.3. The van der Waals surface area contributed by atoms with E-state index in [9.17, 15) is 34.8 Å². The van der Waals surface area contributed by atoms with Crippen LogP contribution in [0.3, 0.4) is 0 Å². The summed E-state index contributed by atoms with van der Waals surface area (Å²) >= 11 is 6.25. The number of rotatable bonds is 12. The Hall–Kier alpha value is -0.840. The van der Waals surface area contributed by atoms with Gasteiger partial charge in [0.05, 0.1) is 29.5 Å². The van der Waals surface area contributed by atoms with Gasteiger partial charge in [-0.2, -0.15) is 0 Å². The van der Waals surface area contributed by atoms with Crippen LogP contribution in [0.5, 0.6) is 0 Å². The van der Waals surface area contributed by atoms with Crippen LogP contribution in [0.15, 0.2) is 11.7 Å². The van der Waals surface area contributed by atoms with E-state index >= 15 is 0 Å². The fraction of sp³-hybridized carbons (Fsp3) is 0.714. The Morgan fingerprint density at radius 2 is 1.88 bits per heavy atom. The van der Waals surface area contributed by atoms with Gasteiger partial charge in [-0.05, 0) is 31.3 Å². The highest BCUT2D eigenvalue weighted by Crippen LogP contribution is 2.62. The maximum absolute atomic E-state index is 12.7. The van der Waals surface area contributed by atoms with Crippen molar-refractivity contribution in [3.05, 3.63) is 17.3 Å². The number of ether oxygens (including phenoxy) is 3. The summed E-state index contributed by atoms with van der Waals surface area (Å²) in [7, 11) is -0.345. The molecule has 0 aliphatic carbocycles. The predicted octanol–water partition coefficient (Wildman–Crippen LogP) is -1.81. The highest BCUT2D eigenvalue weighted by Gasteiger charge is 2.51. The Bertz CT molecular complexity index is 1360. The summed E-state index contributed by atoms with van der Waals surface area (Å²) in [5.74, 6) is 0.308. The van der Waals surface area contributed by atoms with Gasteiger partial charge in [-0.3, -0.25) is 4.52 Å². The second-order valence-electron chi connectivity index (χ2n) is 9.99. The Balaban J connectivity index is 1.45. The molecule has 43 heavy (non-hydrogen) atoms. The SMILES string of the molecule is CO[C@@H]1[C@H](N(C)C)[C@@H](COP(O)(=S)OP(=O)(O)OC2OC([C@@H](O)CO)C(O)C(O)C2O)O[C@H]1c1csc2c(N)ncnc12. The number of phosphoric acid groups is 1. The molecule has 0 radical (unpaired) electrons. The van der Waals surface area contributed by atoms with E-state index in [1.54, 1.807) is 19.0 Å². The van der Waals surface area contributed by atoms with Gasteiger partial charge in [0.1, 0.15) is 61.0 Å². The van der Waals surface area contributed by atoms with E-state index in [2.05, 4.69) is 9.97 Å². The van der Waals surface area contributed by atoms with Crippen LogP contribution in [0.25, 0.3) is 10.2 Å². The van der Waals surface area contributed by atoms with Crippen molar-refractivity contribution in [2.24, 2.45) is 0 Å².